The van der Waals surface area contributed by atoms with Crippen LogP contribution in [0.1, 0.15) is 21.7 Å². The van der Waals surface area contributed by atoms with Gasteiger partial charge in [0.2, 0.25) is 11.9 Å². The highest BCUT2D eigenvalue weighted by molar-refractivity contribution is 6.08. The third kappa shape index (κ3) is 4.55. The molecule has 0 saturated carbocycles. The van der Waals surface area contributed by atoms with Crippen molar-refractivity contribution in [2.45, 2.75) is 6.61 Å². The number of nitrogens with zero attached hydrogens (tertiary/aromatic N) is 4. The molecule has 0 amide bonds. The lowest BCUT2D eigenvalue weighted by atomic mass is 10.0. The van der Waals surface area contributed by atoms with Gasteiger partial charge in [-0.15, -0.1) is 0 Å². The third-order valence-corrected chi connectivity index (χ3v) is 3.68. The molecule has 0 bridgehead atoms. The van der Waals surface area contributed by atoms with Gasteiger partial charge in [-0.05, 0) is 48.5 Å². The zero-order valence-corrected chi connectivity index (χ0v) is 14.9. The predicted octanol–water partition coefficient (Wildman–Crippen LogP) is 2.47. The molecule has 0 atom stereocenters. The van der Waals surface area contributed by atoms with Gasteiger partial charge in [0.15, 0.2) is 11.6 Å². The van der Waals surface area contributed by atoms with E-state index < -0.39 is 0 Å². The van der Waals surface area contributed by atoms with Crippen LogP contribution in [0.2, 0.25) is 0 Å². The molecule has 0 fully saturated rings. The maximum Gasteiger partial charge on any atom is 0.230 e. The molecule has 0 aliphatic rings. The Morgan fingerprint density at radius 1 is 1.00 bits per heavy atom. The maximum atomic E-state index is 13.0. The number of hydrogen-bond acceptors (Lipinski definition) is 7. The topological polar surface area (TPSA) is 94.2 Å². The number of ketones is 1. The summed E-state index contributed by atoms with van der Waals surface area (Å²) in [5.74, 6) is 0.941. The second-order valence-electron chi connectivity index (χ2n) is 5.95. The first-order valence-corrected chi connectivity index (χ1v) is 8.13. The van der Waals surface area contributed by atoms with E-state index in [0.29, 0.717) is 28.6 Å². The Morgan fingerprint density at radius 3 is 2.19 bits per heavy atom. The third-order valence-electron chi connectivity index (χ3n) is 3.68. The van der Waals surface area contributed by atoms with Crippen molar-refractivity contribution in [3.8, 4) is 5.75 Å². The Hall–Kier alpha value is -3.55. The Bertz CT molecular complexity index is 943. The Morgan fingerprint density at radius 2 is 1.59 bits per heavy atom. The fourth-order valence-corrected chi connectivity index (χ4v) is 2.31. The van der Waals surface area contributed by atoms with E-state index in [1.54, 1.807) is 43.3 Å². The molecule has 2 N–H and O–H groups in total. The average Bonchev–Trinajstić information content (AvgIpc) is 2.66. The van der Waals surface area contributed by atoms with Gasteiger partial charge in [0.25, 0.3) is 0 Å². The van der Waals surface area contributed by atoms with E-state index in [2.05, 4.69) is 15.0 Å². The lowest BCUT2D eigenvalue weighted by Crippen LogP contribution is -2.16. The van der Waals surface area contributed by atoms with Crippen LogP contribution < -0.4 is 15.4 Å². The van der Waals surface area contributed by atoms with Crippen molar-refractivity contribution in [1.29, 1.82) is 0 Å². The zero-order chi connectivity index (χ0) is 19.4. The first kappa shape index (κ1) is 18.2. The van der Waals surface area contributed by atoms with E-state index in [0.717, 1.165) is 0 Å². The molecular weight excluding hydrogens is 349 g/mol. The molecule has 0 saturated heterocycles. The van der Waals surface area contributed by atoms with Crippen molar-refractivity contribution >= 4 is 17.7 Å². The summed E-state index contributed by atoms with van der Waals surface area (Å²) < 4.78 is 18.6. The van der Waals surface area contributed by atoms with Crippen molar-refractivity contribution in [2.24, 2.45) is 0 Å². The first-order chi connectivity index (χ1) is 12.9. The SMILES string of the molecule is CN(C)c1nc(N)nc(COc2ccc(C(=O)c3ccc(F)cc3)cc2)n1. The quantitative estimate of drug-likeness (QED) is 0.669. The second kappa shape index (κ2) is 7.77. The monoisotopic (exact) mass is 367 g/mol. The van der Waals surface area contributed by atoms with Gasteiger partial charge in [-0.25, -0.2) is 4.39 Å². The number of aromatic nitrogens is 3. The van der Waals surface area contributed by atoms with Crippen LogP contribution in [0, 0.1) is 5.82 Å². The van der Waals surface area contributed by atoms with Crippen molar-refractivity contribution in [3.05, 3.63) is 71.3 Å². The smallest absolute Gasteiger partial charge is 0.230 e. The standard InChI is InChI=1S/C19H18FN5O2/c1-25(2)19-23-16(22-18(21)24-19)11-27-15-9-5-13(6-10-15)17(26)12-3-7-14(20)8-4-12/h3-10H,11H2,1-2H3,(H2,21,22,23,24). The van der Waals surface area contributed by atoms with Crippen molar-refractivity contribution in [1.82, 2.24) is 15.0 Å². The van der Waals surface area contributed by atoms with Crippen molar-refractivity contribution in [3.63, 3.8) is 0 Å². The summed E-state index contributed by atoms with van der Waals surface area (Å²) in [6.07, 6.45) is 0. The summed E-state index contributed by atoms with van der Waals surface area (Å²) in [6.45, 7) is 0.110. The molecule has 3 rings (SSSR count). The van der Waals surface area contributed by atoms with Crippen LogP contribution in [0.25, 0.3) is 0 Å². The van der Waals surface area contributed by atoms with Gasteiger partial charge in [0, 0.05) is 25.2 Å². The summed E-state index contributed by atoms with van der Waals surface area (Å²) in [6, 6.07) is 12.1. The van der Waals surface area contributed by atoms with E-state index in [4.69, 9.17) is 10.5 Å². The number of halogens is 1. The fraction of sp³-hybridized carbons (Fsp3) is 0.158. The number of anilines is 2. The van der Waals surface area contributed by atoms with Gasteiger partial charge in [0.1, 0.15) is 18.2 Å². The van der Waals surface area contributed by atoms with Gasteiger partial charge in [0.05, 0.1) is 0 Å². The number of rotatable bonds is 6. The summed E-state index contributed by atoms with van der Waals surface area (Å²) in [4.78, 5) is 26.4. The number of carbonyl (C=O) groups is 1. The van der Waals surface area contributed by atoms with Crippen molar-refractivity contribution < 1.29 is 13.9 Å². The number of ether oxygens (including phenoxy) is 1. The zero-order valence-electron chi connectivity index (χ0n) is 14.9. The van der Waals surface area contributed by atoms with E-state index in [1.165, 1.54) is 24.3 Å². The van der Waals surface area contributed by atoms with Crippen LogP contribution in [0.3, 0.4) is 0 Å². The minimum absolute atomic E-state index is 0.110. The molecule has 0 spiro atoms. The molecular formula is C19H18FN5O2. The van der Waals surface area contributed by atoms with Crippen LogP contribution in [-0.4, -0.2) is 34.8 Å². The highest BCUT2D eigenvalue weighted by Gasteiger charge is 2.10. The molecule has 1 heterocycles. The van der Waals surface area contributed by atoms with E-state index in [9.17, 15) is 9.18 Å². The molecule has 8 heteroatoms. The highest BCUT2D eigenvalue weighted by Crippen LogP contribution is 2.17. The van der Waals surface area contributed by atoms with Crippen LogP contribution in [-0.2, 0) is 6.61 Å². The molecule has 1 aromatic heterocycles. The summed E-state index contributed by atoms with van der Waals surface area (Å²) in [5, 5.41) is 0. The Balaban J connectivity index is 1.67. The summed E-state index contributed by atoms with van der Waals surface area (Å²) >= 11 is 0. The molecule has 2 aromatic carbocycles. The van der Waals surface area contributed by atoms with Gasteiger partial charge in [-0.3, -0.25) is 4.79 Å². The molecule has 138 valence electrons. The van der Waals surface area contributed by atoms with Gasteiger partial charge >= 0.3 is 0 Å². The fourth-order valence-electron chi connectivity index (χ4n) is 2.31. The Labute approximate surface area is 155 Å². The molecule has 7 nitrogen and oxygen atoms in total. The molecule has 3 aromatic rings. The number of benzene rings is 2. The number of nitrogens with two attached hydrogens (primary N) is 1. The van der Waals surface area contributed by atoms with Gasteiger partial charge in [-0.2, -0.15) is 15.0 Å². The second-order valence-corrected chi connectivity index (χ2v) is 5.95. The minimum atomic E-state index is -0.383. The lowest BCUT2D eigenvalue weighted by Gasteiger charge is -2.12. The predicted molar refractivity (Wildman–Crippen MR) is 99.2 cm³/mol. The molecule has 0 radical (unpaired) electrons. The van der Waals surface area contributed by atoms with Crippen LogP contribution in [0.4, 0.5) is 16.3 Å². The average molecular weight is 367 g/mol. The Kier molecular flexibility index (Phi) is 5.25. The van der Waals surface area contributed by atoms with E-state index in [1.807, 2.05) is 0 Å². The number of carbonyl (C=O) groups excluding carboxylic acids is 1. The van der Waals surface area contributed by atoms with E-state index >= 15 is 0 Å². The molecule has 27 heavy (non-hydrogen) atoms. The lowest BCUT2D eigenvalue weighted by molar-refractivity contribution is 0.103. The highest BCUT2D eigenvalue weighted by atomic mass is 19.1. The van der Waals surface area contributed by atoms with E-state index in [-0.39, 0.29) is 24.2 Å². The molecule has 0 aliphatic heterocycles. The molecule has 0 aliphatic carbocycles. The van der Waals surface area contributed by atoms with Crippen LogP contribution in [0.15, 0.2) is 48.5 Å². The normalized spacial score (nSPS) is 10.5. The number of nitrogen functional groups attached to an aromatic ring is 1. The maximum absolute atomic E-state index is 13.0. The number of hydrogen-bond donors (Lipinski definition) is 1. The van der Waals surface area contributed by atoms with Gasteiger partial charge < -0.3 is 15.4 Å². The minimum Gasteiger partial charge on any atom is -0.486 e. The largest absolute Gasteiger partial charge is 0.486 e. The van der Waals surface area contributed by atoms with Crippen molar-refractivity contribution in [2.75, 3.05) is 24.7 Å². The molecule has 0 unspecified atom stereocenters. The van der Waals surface area contributed by atoms with Crippen LogP contribution in [0.5, 0.6) is 5.75 Å². The first-order valence-electron chi connectivity index (χ1n) is 8.13. The van der Waals surface area contributed by atoms with Gasteiger partial charge in [-0.1, -0.05) is 0 Å². The summed E-state index contributed by atoms with van der Waals surface area (Å²) in [7, 11) is 3.60. The van der Waals surface area contributed by atoms with Crippen LogP contribution >= 0.6 is 0 Å². The summed E-state index contributed by atoms with van der Waals surface area (Å²) in [5.41, 5.74) is 6.58.